The van der Waals surface area contributed by atoms with E-state index in [0.29, 0.717) is 21.8 Å². The maximum Gasteiger partial charge on any atom is 0.227 e. The molecule has 37 heavy (non-hydrogen) atoms. The molecule has 0 unspecified atom stereocenters. The Labute approximate surface area is 229 Å². The zero-order chi connectivity index (χ0) is 25.8. The van der Waals surface area contributed by atoms with Gasteiger partial charge in [0.15, 0.2) is 5.43 Å². The van der Waals surface area contributed by atoms with Crippen molar-refractivity contribution >= 4 is 44.4 Å². The minimum absolute atomic E-state index is 0.0356. The van der Waals surface area contributed by atoms with Crippen molar-refractivity contribution in [3.05, 3.63) is 73.5 Å². The molecule has 2 aromatic carbocycles. The third-order valence-electron chi connectivity index (χ3n) is 7.01. The highest BCUT2D eigenvalue weighted by atomic mass is 79.9. The number of rotatable bonds is 7. The minimum Gasteiger partial charge on any atom is -0.489 e. The number of nitrogens with one attached hydrogen (secondary N) is 2. The quantitative estimate of drug-likeness (QED) is 0.418. The highest BCUT2D eigenvalue weighted by Gasteiger charge is 2.22. The van der Waals surface area contributed by atoms with Gasteiger partial charge in [0.1, 0.15) is 23.2 Å². The summed E-state index contributed by atoms with van der Waals surface area (Å²) in [4.78, 5) is 27.4. The Morgan fingerprint density at radius 3 is 2.65 bits per heavy atom. The molecule has 9 heteroatoms. The van der Waals surface area contributed by atoms with Crippen LogP contribution in [0, 0.1) is 0 Å². The summed E-state index contributed by atoms with van der Waals surface area (Å²) < 4.78 is 12.9. The lowest BCUT2D eigenvalue weighted by atomic mass is 10.0. The van der Waals surface area contributed by atoms with Crippen LogP contribution in [0.5, 0.6) is 5.75 Å². The molecular formula is C28H31BrClN3O4. The molecule has 0 aliphatic carbocycles. The summed E-state index contributed by atoms with van der Waals surface area (Å²) >= 11 is 9.65. The summed E-state index contributed by atoms with van der Waals surface area (Å²) in [5.41, 5.74) is 1.47. The van der Waals surface area contributed by atoms with Gasteiger partial charge in [0, 0.05) is 36.8 Å². The van der Waals surface area contributed by atoms with Gasteiger partial charge in [0.25, 0.3) is 0 Å². The number of benzene rings is 2. The van der Waals surface area contributed by atoms with Crippen molar-refractivity contribution in [3.8, 4) is 5.75 Å². The SMILES string of the molecule is O=C(Cc1cc(=O)c2cc(Cl)ccc2o1)NC1CCN(Cc2ccc(OC3CCNCC3)c(Br)c2)CC1. The van der Waals surface area contributed by atoms with E-state index in [1.165, 1.54) is 11.6 Å². The second-order valence-corrected chi connectivity index (χ2v) is 11.1. The van der Waals surface area contributed by atoms with Crippen LogP contribution in [0.25, 0.3) is 11.0 Å². The number of hydrogen-bond donors (Lipinski definition) is 2. The molecule has 2 aliphatic rings. The number of ether oxygens (including phenoxy) is 1. The fraction of sp³-hybridized carbons (Fsp3) is 0.429. The van der Waals surface area contributed by atoms with Gasteiger partial charge >= 0.3 is 0 Å². The van der Waals surface area contributed by atoms with Gasteiger partial charge in [-0.05, 0) is 90.6 Å². The second kappa shape index (κ2) is 12.0. The molecular weight excluding hydrogens is 558 g/mol. The van der Waals surface area contributed by atoms with E-state index >= 15 is 0 Å². The third-order valence-corrected chi connectivity index (χ3v) is 7.86. The first-order valence-corrected chi connectivity index (χ1v) is 14.0. The molecule has 2 fully saturated rings. The van der Waals surface area contributed by atoms with Gasteiger partial charge in [-0.25, -0.2) is 0 Å². The van der Waals surface area contributed by atoms with Gasteiger partial charge in [-0.1, -0.05) is 17.7 Å². The average Bonchev–Trinajstić information content (AvgIpc) is 2.88. The van der Waals surface area contributed by atoms with Crippen LogP contribution in [-0.2, 0) is 17.8 Å². The first kappa shape index (κ1) is 26.2. The highest BCUT2D eigenvalue weighted by molar-refractivity contribution is 9.10. The molecule has 2 saturated heterocycles. The van der Waals surface area contributed by atoms with Crippen LogP contribution in [0.1, 0.15) is 37.0 Å². The Bertz CT molecular complexity index is 1320. The minimum atomic E-state index is -0.197. The molecule has 7 nitrogen and oxygen atoms in total. The number of piperidine rings is 2. The van der Waals surface area contributed by atoms with Crippen molar-refractivity contribution in [2.75, 3.05) is 26.2 Å². The van der Waals surface area contributed by atoms with Crippen LogP contribution in [0.15, 0.2) is 56.1 Å². The van der Waals surface area contributed by atoms with Crippen LogP contribution in [0.4, 0.5) is 0 Å². The number of halogens is 2. The number of amides is 1. The Morgan fingerprint density at radius 1 is 1.11 bits per heavy atom. The topological polar surface area (TPSA) is 83.8 Å². The van der Waals surface area contributed by atoms with Crippen LogP contribution >= 0.6 is 27.5 Å². The summed E-state index contributed by atoms with van der Waals surface area (Å²) in [6.07, 6.45) is 4.13. The van der Waals surface area contributed by atoms with Crippen molar-refractivity contribution in [1.29, 1.82) is 0 Å². The fourth-order valence-corrected chi connectivity index (χ4v) is 5.72. The van der Waals surface area contributed by atoms with E-state index in [-0.39, 0.29) is 29.9 Å². The lowest BCUT2D eigenvalue weighted by molar-refractivity contribution is -0.121. The molecule has 1 aromatic heterocycles. The van der Waals surface area contributed by atoms with E-state index in [2.05, 4.69) is 49.7 Å². The molecule has 2 N–H and O–H groups in total. The van der Waals surface area contributed by atoms with Gasteiger partial charge in [0.05, 0.1) is 16.3 Å². The number of likely N-dealkylation sites (tertiary alicyclic amines) is 1. The van der Waals surface area contributed by atoms with Gasteiger partial charge in [-0.2, -0.15) is 0 Å². The standard InChI is InChI=1S/C28H31BrClN3O4/c29-24-13-18(1-3-27(24)36-21-5-9-31-10-6-21)17-33-11-7-20(8-12-33)32-28(35)16-22-15-25(34)23-14-19(30)2-4-26(23)37-22/h1-4,13-15,20-21,31H,5-12,16-17H2,(H,32,35). The third kappa shape index (κ3) is 6.93. The molecule has 5 rings (SSSR count). The molecule has 2 aliphatic heterocycles. The van der Waals surface area contributed by atoms with Gasteiger partial charge in [0.2, 0.25) is 5.91 Å². The van der Waals surface area contributed by atoms with E-state index in [1.54, 1.807) is 18.2 Å². The molecule has 0 saturated carbocycles. The molecule has 0 atom stereocenters. The predicted octanol–water partition coefficient (Wildman–Crippen LogP) is 4.66. The lowest BCUT2D eigenvalue weighted by Crippen LogP contribution is -2.44. The van der Waals surface area contributed by atoms with E-state index in [1.807, 2.05) is 0 Å². The number of fused-ring (bicyclic) bond motifs is 1. The van der Waals surface area contributed by atoms with Crippen molar-refractivity contribution in [2.45, 2.75) is 50.8 Å². The normalized spacial score (nSPS) is 17.7. The monoisotopic (exact) mass is 587 g/mol. The van der Waals surface area contributed by atoms with Crippen LogP contribution < -0.4 is 20.8 Å². The Morgan fingerprint density at radius 2 is 1.89 bits per heavy atom. The van der Waals surface area contributed by atoms with E-state index in [4.69, 9.17) is 20.8 Å². The van der Waals surface area contributed by atoms with Crippen molar-refractivity contribution in [3.63, 3.8) is 0 Å². The number of carbonyl (C=O) groups is 1. The summed E-state index contributed by atoms with van der Waals surface area (Å²) in [5.74, 6) is 1.12. The van der Waals surface area contributed by atoms with Crippen molar-refractivity contribution < 1.29 is 13.9 Å². The van der Waals surface area contributed by atoms with Crippen molar-refractivity contribution in [2.24, 2.45) is 0 Å². The second-order valence-electron chi connectivity index (χ2n) is 9.84. The predicted molar refractivity (Wildman–Crippen MR) is 148 cm³/mol. The van der Waals surface area contributed by atoms with Gasteiger partial charge in [-0.15, -0.1) is 0 Å². The first-order valence-electron chi connectivity index (χ1n) is 12.8. The van der Waals surface area contributed by atoms with E-state index < -0.39 is 0 Å². The van der Waals surface area contributed by atoms with Crippen molar-refractivity contribution in [1.82, 2.24) is 15.5 Å². The molecule has 0 spiro atoms. The molecule has 0 bridgehead atoms. The Hall–Kier alpha value is -2.39. The zero-order valence-electron chi connectivity index (χ0n) is 20.6. The van der Waals surface area contributed by atoms with Crippen LogP contribution in [-0.4, -0.2) is 49.1 Å². The zero-order valence-corrected chi connectivity index (χ0v) is 22.9. The summed E-state index contributed by atoms with van der Waals surface area (Å²) in [6.45, 7) is 4.68. The number of nitrogens with zero attached hydrogens (tertiary/aromatic N) is 1. The van der Waals surface area contributed by atoms with Crippen LogP contribution in [0.3, 0.4) is 0 Å². The maximum absolute atomic E-state index is 12.6. The molecule has 3 aromatic rings. The number of carbonyl (C=O) groups excluding carboxylic acids is 1. The fourth-order valence-electron chi connectivity index (χ4n) is 5.03. The smallest absolute Gasteiger partial charge is 0.227 e. The Kier molecular flexibility index (Phi) is 8.49. The van der Waals surface area contributed by atoms with Gasteiger partial charge < -0.3 is 19.8 Å². The van der Waals surface area contributed by atoms with E-state index in [0.717, 1.165) is 68.6 Å². The molecule has 1 amide bonds. The number of hydrogen-bond acceptors (Lipinski definition) is 6. The Balaban J connectivity index is 1.09. The largest absolute Gasteiger partial charge is 0.489 e. The summed E-state index contributed by atoms with van der Waals surface area (Å²) in [6, 6.07) is 12.7. The molecule has 196 valence electrons. The summed E-state index contributed by atoms with van der Waals surface area (Å²) in [5, 5.41) is 7.36. The average molecular weight is 589 g/mol. The molecule has 0 radical (unpaired) electrons. The molecule has 3 heterocycles. The van der Waals surface area contributed by atoms with E-state index in [9.17, 15) is 9.59 Å². The highest BCUT2D eigenvalue weighted by Crippen LogP contribution is 2.29. The lowest BCUT2D eigenvalue weighted by Gasteiger charge is -2.32. The van der Waals surface area contributed by atoms with Crippen LogP contribution in [0.2, 0.25) is 5.02 Å². The first-order chi connectivity index (χ1) is 17.9. The maximum atomic E-state index is 12.6. The van der Waals surface area contributed by atoms with Gasteiger partial charge in [-0.3, -0.25) is 14.5 Å². The summed E-state index contributed by atoms with van der Waals surface area (Å²) in [7, 11) is 0.